The number of ether oxygens (including phenoxy) is 1. The summed E-state index contributed by atoms with van der Waals surface area (Å²) in [5.41, 5.74) is 1.23. The lowest BCUT2D eigenvalue weighted by Crippen LogP contribution is -2.52. The van der Waals surface area contributed by atoms with Crippen LogP contribution in [0.2, 0.25) is 0 Å². The quantitative estimate of drug-likeness (QED) is 0.239. The molecule has 8 heteroatoms. The summed E-state index contributed by atoms with van der Waals surface area (Å²) in [6.45, 7) is 6.58. The number of thiophene rings is 1. The normalized spacial score (nSPS) is 14.6. The van der Waals surface area contributed by atoms with Crippen LogP contribution in [0.3, 0.4) is 0 Å². The monoisotopic (exact) mass is 543 g/mol. The van der Waals surface area contributed by atoms with Crippen LogP contribution in [-0.4, -0.2) is 76.2 Å². The van der Waals surface area contributed by atoms with Gasteiger partial charge in [-0.15, -0.1) is 35.3 Å². The van der Waals surface area contributed by atoms with Gasteiger partial charge in [-0.3, -0.25) is 4.99 Å². The second kappa shape index (κ2) is 13.0. The topological polar surface area (TPSA) is 43.3 Å². The molecule has 2 heterocycles. The van der Waals surface area contributed by atoms with Crippen molar-refractivity contribution in [2.75, 3.05) is 65.4 Å². The maximum absolute atomic E-state index is 5.81. The van der Waals surface area contributed by atoms with Crippen LogP contribution in [0.25, 0.3) is 0 Å². The van der Waals surface area contributed by atoms with Crippen molar-refractivity contribution in [1.82, 2.24) is 15.1 Å². The Kier molecular flexibility index (Phi) is 10.7. The van der Waals surface area contributed by atoms with Gasteiger partial charge in [0.2, 0.25) is 0 Å². The fraction of sp³-hybridized carbons (Fsp3) is 0.500. The first-order valence-corrected chi connectivity index (χ1v) is 11.1. The zero-order valence-electron chi connectivity index (χ0n) is 18.2. The SMILES string of the molecule is CN=C(NCc1ccc(OCCCN(C)C)cc1)N1CCN(c2cccs2)CC1.I. The van der Waals surface area contributed by atoms with Crippen LogP contribution in [0, 0.1) is 0 Å². The van der Waals surface area contributed by atoms with Crippen molar-refractivity contribution in [3.8, 4) is 5.75 Å². The van der Waals surface area contributed by atoms with Crippen LogP contribution in [0.1, 0.15) is 12.0 Å². The first-order valence-electron chi connectivity index (χ1n) is 10.3. The van der Waals surface area contributed by atoms with E-state index in [9.17, 15) is 0 Å². The third kappa shape index (κ3) is 7.63. The number of guanidine groups is 1. The molecule has 6 nitrogen and oxygen atoms in total. The summed E-state index contributed by atoms with van der Waals surface area (Å²) >= 11 is 1.81. The van der Waals surface area contributed by atoms with E-state index in [0.29, 0.717) is 0 Å². The lowest BCUT2D eigenvalue weighted by molar-refractivity contribution is 0.281. The molecule has 1 aliphatic heterocycles. The van der Waals surface area contributed by atoms with Gasteiger partial charge in [-0.1, -0.05) is 12.1 Å². The first-order chi connectivity index (χ1) is 14.2. The Hall–Kier alpha value is -1.52. The van der Waals surface area contributed by atoms with Crippen molar-refractivity contribution < 1.29 is 4.74 Å². The van der Waals surface area contributed by atoms with E-state index in [2.05, 4.69) is 80.9 Å². The lowest BCUT2D eigenvalue weighted by Gasteiger charge is -2.37. The summed E-state index contributed by atoms with van der Waals surface area (Å²) in [7, 11) is 6.03. The maximum Gasteiger partial charge on any atom is 0.194 e. The first kappa shape index (κ1) is 24.7. The molecule has 1 N–H and O–H groups in total. The Bertz CT molecular complexity index is 743. The Morgan fingerprint density at radius 1 is 1.13 bits per heavy atom. The van der Waals surface area contributed by atoms with Crippen LogP contribution in [0.5, 0.6) is 5.75 Å². The third-order valence-corrected chi connectivity index (χ3v) is 5.93. The van der Waals surface area contributed by atoms with Crippen molar-refractivity contribution in [2.45, 2.75) is 13.0 Å². The van der Waals surface area contributed by atoms with E-state index in [-0.39, 0.29) is 24.0 Å². The Balaban J connectivity index is 0.00000320. The van der Waals surface area contributed by atoms with Crippen molar-refractivity contribution in [3.63, 3.8) is 0 Å². The smallest absolute Gasteiger partial charge is 0.194 e. The van der Waals surface area contributed by atoms with Gasteiger partial charge in [-0.25, -0.2) is 0 Å². The van der Waals surface area contributed by atoms with Gasteiger partial charge in [0.05, 0.1) is 11.6 Å². The summed E-state index contributed by atoms with van der Waals surface area (Å²) in [5, 5.41) is 7.00. The Morgan fingerprint density at radius 2 is 1.87 bits per heavy atom. The van der Waals surface area contributed by atoms with Gasteiger partial charge < -0.3 is 24.8 Å². The van der Waals surface area contributed by atoms with E-state index in [4.69, 9.17) is 4.74 Å². The number of aliphatic imine (C=N–C) groups is 1. The minimum Gasteiger partial charge on any atom is -0.494 e. The summed E-state index contributed by atoms with van der Waals surface area (Å²) in [4.78, 5) is 11.4. The highest BCUT2D eigenvalue weighted by atomic mass is 127. The average Bonchev–Trinajstić information content (AvgIpc) is 3.28. The van der Waals surface area contributed by atoms with Gasteiger partial charge in [0, 0.05) is 46.3 Å². The molecule has 0 saturated carbocycles. The number of nitrogens with one attached hydrogen (secondary N) is 1. The number of benzene rings is 1. The molecule has 3 rings (SSSR count). The molecular formula is C22H34IN5OS. The van der Waals surface area contributed by atoms with Crippen LogP contribution in [0.4, 0.5) is 5.00 Å². The van der Waals surface area contributed by atoms with Crippen LogP contribution < -0.4 is 15.0 Å². The lowest BCUT2D eigenvalue weighted by atomic mass is 10.2. The van der Waals surface area contributed by atoms with Gasteiger partial charge in [0.25, 0.3) is 0 Å². The van der Waals surface area contributed by atoms with E-state index in [1.165, 1.54) is 10.6 Å². The van der Waals surface area contributed by atoms with Crippen molar-refractivity contribution in [1.29, 1.82) is 0 Å². The number of nitrogens with zero attached hydrogens (tertiary/aromatic N) is 4. The largest absolute Gasteiger partial charge is 0.494 e. The molecule has 1 aromatic carbocycles. The number of anilines is 1. The fourth-order valence-corrected chi connectivity index (χ4v) is 4.16. The number of rotatable bonds is 8. The standard InChI is InChI=1S/C22H33N5OS.HI/c1-23-22(27-14-12-26(13-15-27)21-6-4-17-29-21)24-18-19-7-9-20(10-8-19)28-16-5-11-25(2)3;/h4,6-10,17H,5,11-16,18H2,1-3H3,(H,23,24);1H. The summed E-state index contributed by atoms with van der Waals surface area (Å²) in [6.07, 6.45) is 1.03. The highest BCUT2D eigenvalue weighted by Gasteiger charge is 2.20. The van der Waals surface area contributed by atoms with Gasteiger partial charge >= 0.3 is 0 Å². The second-order valence-corrected chi connectivity index (χ2v) is 8.40. The van der Waals surface area contributed by atoms with E-state index >= 15 is 0 Å². The van der Waals surface area contributed by atoms with Crippen LogP contribution in [-0.2, 0) is 6.54 Å². The molecule has 30 heavy (non-hydrogen) atoms. The van der Waals surface area contributed by atoms with Crippen molar-refractivity contribution in [3.05, 3.63) is 47.3 Å². The molecule has 166 valence electrons. The Labute approximate surface area is 201 Å². The number of piperazine rings is 1. The zero-order valence-corrected chi connectivity index (χ0v) is 21.4. The van der Waals surface area contributed by atoms with E-state index < -0.39 is 0 Å². The molecule has 0 atom stereocenters. The number of hydrogen-bond donors (Lipinski definition) is 1. The molecule has 1 fully saturated rings. The fourth-order valence-electron chi connectivity index (χ4n) is 3.38. The molecule has 0 unspecified atom stereocenters. The summed E-state index contributed by atoms with van der Waals surface area (Å²) in [6, 6.07) is 12.7. The van der Waals surface area contributed by atoms with Crippen molar-refractivity contribution >= 4 is 46.3 Å². The summed E-state index contributed by atoms with van der Waals surface area (Å²) < 4.78 is 5.81. The minimum atomic E-state index is 0. The zero-order chi connectivity index (χ0) is 20.5. The molecule has 0 amide bonds. The van der Waals surface area contributed by atoms with Crippen LogP contribution >= 0.6 is 35.3 Å². The average molecular weight is 544 g/mol. The van der Waals surface area contributed by atoms with Crippen molar-refractivity contribution in [2.24, 2.45) is 4.99 Å². The van der Waals surface area contributed by atoms with Gasteiger partial charge in [0.1, 0.15) is 5.75 Å². The predicted molar refractivity (Wildman–Crippen MR) is 139 cm³/mol. The third-order valence-electron chi connectivity index (χ3n) is 5.00. The summed E-state index contributed by atoms with van der Waals surface area (Å²) in [5.74, 6) is 1.90. The molecule has 1 saturated heterocycles. The van der Waals surface area contributed by atoms with E-state index in [1.807, 2.05) is 18.4 Å². The highest BCUT2D eigenvalue weighted by Crippen LogP contribution is 2.22. The van der Waals surface area contributed by atoms with Gasteiger partial charge in [-0.2, -0.15) is 0 Å². The second-order valence-electron chi connectivity index (χ2n) is 7.48. The maximum atomic E-state index is 5.81. The minimum absolute atomic E-state index is 0. The molecule has 0 spiro atoms. The highest BCUT2D eigenvalue weighted by molar-refractivity contribution is 14.0. The molecule has 0 radical (unpaired) electrons. The van der Waals surface area contributed by atoms with Gasteiger partial charge in [-0.05, 0) is 55.7 Å². The van der Waals surface area contributed by atoms with E-state index in [1.54, 1.807) is 0 Å². The molecule has 2 aromatic rings. The predicted octanol–water partition coefficient (Wildman–Crippen LogP) is 3.59. The number of halogens is 1. The molecular weight excluding hydrogens is 509 g/mol. The van der Waals surface area contributed by atoms with Crippen LogP contribution in [0.15, 0.2) is 46.8 Å². The molecule has 0 aliphatic carbocycles. The Morgan fingerprint density at radius 3 is 2.47 bits per heavy atom. The molecule has 0 bridgehead atoms. The molecule has 1 aliphatic rings. The molecule has 1 aromatic heterocycles. The number of hydrogen-bond acceptors (Lipinski definition) is 5. The van der Waals surface area contributed by atoms with E-state index in [0.717, 1.165) is 64.0 Å². The van der Waals surface area contributed by atoms with Gasteiger partial charge in [0.15, 0.2) is 5.96 Å².